The summed E-state index contributed by atoms with van der Waals surface area (Å²) in [5, 5.41) is 0. The van der Waals surface area contributed by atoms with E-state index in [1.807, 2.05) is 0 Å². The fourth-order valence-corrected chi connectivity index (χ4v) is 4.60. The predicted octanol–water partition coefficient (Wildman–Crippen LogP) is 6.13. The molecule has 0 N–H and O–H groups in total. The van der Waals surface area contributed by atoms with Crippen LogP contribution in [-0.2, 0) is 4.74 Å². The largest absolute Gasteiger partial charge is 0.379 e. The first-order valence-electron chi connectivity index (χ1n) is 9.56. The molecule has 21 heavy (non-hydrogen) atoms. The van der Waals surface area contributed by atoms with Crippen LogP contribution in [0.4, 0.5) is 0 Å². The van der Waals surface area contributed by atoms with E-state index < -0.39 is 0 Å². The summed E-state index contributed by atoms with van der Waals surface area (Å²) in [4.78, 5) is 0. The van der Waals surface area contributed by atoms with Gasteiger partial charge in [-0.2, -0.15) is 0 Å². The van der Waals surface area contributed by atoms with Gasteiger partial charge < -0.3 is 4.74 Å². The highest BCUT2D eigenvalue weighted by atomic mass is 16.5. The first-order chi connectivity index (χ1) is 10.3. The highest BCUT2D eigenvalue weighted by Gasteiger charge is 2.30. The van der Waals surface area contributed by atoms with Crippen LogP contribution in [0.2, 0.25) is 0 Å². The van der Waals surface area contributed by atoms with Gasteiger partial charge in [-0.05, 0) is 83.0 Å². The van der Waals surface area contributed by atoms with Crippen LogP contribution in [-0.4, -0.2) is 12.7 Å². The zero-order valence-electron chi connectivity index (χ0n) is 14.4. The molecule has 0 bridgehead atoms. The van der Waals surface area contributed by atoms with E-state index in [0.29, 0.717) is 6.10 Å². The minimum atomic E-state index is 0.578. The standard InChI is InChI=1S/C20H36O/c1-3-5-6-7-8-17-9-11-18(12-10-17)19-13-15-20(16-14-19)21-4-2/h3,5,17-20H,4,6-16H2,1-2H3/b5-3-/t17-,18-,19-,20-. The molecule has 0 unspecified atom stereocenters. The number of allylic oxidation sites excluding steroid dienone is 2. The molecule has 0 heterocycles. The lowest BCUT2D eigenvalue weighted by atomic mass is 9.70. The maximum Gasteiger partial charge on any atom is 0.0575 e. The molecule has 0 spiro atoms. The molecular weight excluding hydrogens is 256 g/mol. The van der Waals surface area contributed by atoms with E-state index in [0.717, 1.165) is 24.4 Å². The molecular formula is C20H36O. The van der Waals surface area contributed by atoms with Crippen LogP contribution in [0.5, 0.6) is 0 Å². The van der Waals surface area contributed by atoms with Crippen molar-refractivity contribution in [3.05, 3.63) is 12.2 Å². The Kier molecular flexibility index (Phi) is 7.85. The van der Waals surface area contributed by atoms with Gasteiger partial charge in [0.25, 0.3) is 0 Å². The average Bonchev–Trinajstić information content (AvgIpc) is 2.53. The minimum absolute atomic E-state index is 0.578. The summed E-state index contributed by atoms with van der Waals surface area (Å²) in [5.74, 6) is 3.09. The molecule has 1 heteroatoms. The van der Waals surface area contributed by atoms with Gasteiger partial charge in [0.2, 0.25) is 0 Å². The van der Waals surface area contributed by atoms with Crippen molar-refractivity contribution in [1.29, 1.82) is 0 Å². The van der Waals surface area contributed by atoms with Crippen molar-refractivity contribution in [2.24, 2.45) is 17.8 Å². The third-order valence-electron chi connectivity index (χ3n) is 5.90. The van der Waals surface area contributed by atoms with Gasteiger partial charge in [-0.15, -0.1) is 0 Å². The Bertz CT molecular complexity index is 280. The normalized spacial score (nSPS) is 34.4. The number of unbranched alkanes of at least 4 members (excludes halogenated alkanes) is 1. The van der Waals surface area contributed by atoms with Gasteiger partial charge in [0.05, 0.1) is 6.10 Å². The molecule has 1 nitrogen and oxygen atoms in total. The van der Waals surface area contributed by atoms with E-state index in [4.69, 9.17) is 4.74 Å². The quantitative estimate of drug-likeness (QED) is 0.405. The van der Waals surface area contributed by atoms with Gasteiger partial charge in [0.1, 0.15) is 0 Å². The summed E-state index contributed by atoms with van der Waals surface area (Å²) < 4.78 is 5.79. The molecule has 2 aliphatic carbocycles. The molecule has 0 aromatic carbocycles. The van der Waals surface area contributed by atoms with Gasteiger partial charge in [-0.1, -0.05) is 31.4 Å². The number of hydrogen-bond acceptors (Lipinski definition) is 1. The van der Waals surface area contributed by atoms with E-state index in [1.165, 1.54) is 70.6 Å². The summed E-state index contributed by atoms with van der Waals surface area (Å²) in [6.07, 6.45) is 20.8. The molecule has 2 fully saturated rings. The Morgan fingerprint density at radius 1 is 0.905 bits per heavy atom. The number of hydrogen-bond donors (Lipinski definition) is 0. The minimum Gasteiger partial charge on any atom is -0.379 e. The lowest BCUT2D eigenvalue weighted by Gasteiger charge is -2.37. The average molecular weight is 293 g/mol. The molecule has 0 amide bonds. The second-order valence-corrected chi connectivity index (χ2v) is 7.27. The van der Waals surface area contributed by atoms with E-state index in [-0.39, 0.29) is 0 Å². The summed E-state index contributed by atoms with van der Waals surface area (Å²) in [7, 11) is 0. The zero-order chi connectivity index (χ0) is 14.9. The van der Waals surface area contributed by atoms with Crippen LogP contribution in [0.15, 0.2) is 12.2 Å². The SMILES string of the molecule is C/C=C\CCC[C@H]1CC[C@H]([C@H]2CC[C@H](OCC)CC2)CC1. The van der Waals surface area contributed by atoms with Crippen LogP contribution in [0.25, 0.3) is 0 Å². The molecule has 0 atom stereocenters. The zero-order valence-corrected chi connectivity index (χ0v) is 14.4. The Morgan fingerprint density at radius 2 is 1.52 bits per heavy atom. The Morgan fingerprint density at radius 3 is 2.10 bits per heavy atom. The van der Waals surface area contributed by atoms with Gasteiger partial charge in [-0.3, -0.25) is 0 Å². The van der Waals surface area contributed by atoms with Crippen molar-refractivity contribution >= 4 is 0 Å². The lowest BCUT2D eigenvalue weighted by molar-refractivity contribution is 0.0134. The molecule has 0 aromatic heterocycles. The topological polar surface area (TPSA) is 9.23 Å². The Labute approximate surface area is 132 Å². The lowest BCUT2D eigenvalue weighted by Crippen LogP contribution is -2.28. The maximum atomic E-state index is 5.79. The van der Waals surface area contributed by atoms with Crippen molar-refractivity contribution in [3.63, 3.8) is 0 Å². The van der Waals surface area contributed by atoms with E-state index in [9.17, 15) is 0 Å². The van der Waals surface area contributed by atoms with E-state index in [1.54, 1.807) is 0 Å². The van der Waals surface area contributed by atoms with Crippen molar-refractivity contribution in [3.8, 4) is 0 Å². The van der Waals surface area contributed by atoms with E-state index in [2.05, 4.69) is 26.0 Å². The van der Waals surface area contributed by atoms with Crippen LogP contribution < -0.4 is 0 Å². The van der Waals surface area contributed by atoms with Crippen LogP contribution >= 0.6 is 0 Å². The Balaban J connectivity index is 1.61. The van der Waals surface area contributed by atoms with Crippen molar-refractivity contribution in [2.75, 3.05) is 6.61 Å². The maximum absolute atomic E-state index is 5.79. The molecule has 0 radical (unpaired) electrons. The van der Waals surface area contributed by atoms with Gasteiger partial charge in [-0.25, -0.2) is 0 Å². The molecule has 2 saturated carbocycles. The Hall–Kier alpha value is -0.300. The summed E-state index contributed by atoms with van der Waals surface area (Å²) >= 11 is 0. The first kappa shape index (κ1) is 17.1. The molecule has 2 aliphatic rings. The van der Waals surface area contributed by atoms with Gasteiger partial charge in [0, 0.05) is 6.61 Å². The fourth-order valence-electron chi connectivity index (χ4n) is 4.60. The third kappa shape index (κ3) is 5.77. The monoisotopic (exact) mass is 292 g/mol. The second kappa shape index (κ2) is 9.66. The van der Waals surface area contributed by atoms with Gasteiger partial charge in [0.15, 0.2) is 0 Å². The van der Waals surface area contributed by atoms with Gasteiger partial charge >= 0.3 is 0 Å². The molecule has 2 rings (SSSR count). The summed E-state index contributed by atoms with van der Waals surface area (Å²) in [5.41, 5.74) is 0. The van der Waals surface area contributed by atoms with Crippen LogP contribution in [0.3, 0.4) is 0 Å². The first-order valence-corrected chi connectivity index (χ1v) is 9.56. The van der Waals surface area contributed by atoms with Crippen LogP contribution in [0, 0.1) is 17.8 Å². The fraction of sp³-hybridized carbons (Fsp3) is 0.900. The second-order valence-electron chi connectivity index (χ2n) is 7.27. The molecule has 0 aromatic rings. The molecule has 0 saturated heterocycles. The van der Waals surface area contributed by atoms with Crippen molar-refractivity contribution in [2.45, 2.75) is 90.6 Å². The summed E-state index contributed by atoms with van der Waals surface area (Å²) in [6.45, 7) is 5.16. The molecule has 122 valence electrons. The third-order valence-corrected chi connectivity index (χ3v) is 5.90. The summed E-state index contributed by atoms with van der Waals surface area (Å²) in [6, 6.07) is 0. The van der Waals surface area contributed by atoms with Crippen molar-refractivity contribution < 1.29 is 4.74 Å². The number of rotatable bonds is 7. The molecule has 0 aliphatic heterocycles. The highest BCUT2D eigenvalue weighted by molar-refractivity contribution is 4.83. The smallest absolute Gasteiger partial charge is 0.0575 e. The highest BCUT2D eigenvalue weighted by Crippen LogP contribution is 2.41. The predicted molar refractivity (Wildman–Crippen MR) is 91.5 cm³/mol. The van der Waals surface area contributed by atoms with E-state index >= 15 is 0 Å². The van der Waals surface area contributed by atoms with Crippen molar-refractivity contribution in [1.82, 2.24) is 0 Å². The van der Waals surface area contributed by atoms with Crippen LogP contribution in [0.1, 0.15) is 84.5 Å². The number of ether oxygens (including phenoxy) is 1.